The molecule has 0 radical (unpaired) electrons. The van der Waals surface area contributed by atoms with Gasteiger partial charge in [-0.3, -0.25) is 14.5 Å². The maximum absolute atomic E-state index is 13.3. The quantitative estimate of drug-likeness (QED) is 0.513. The third kappa shape index (κ3) is 5.71. The Bertz CT molecular complexity index is 1340. The smallest absolute Gasteiger partial charge is 0.272 e. The van der Waals surface area contributed by atoms with Crippen LogP contribution in [0.15, 0.2) is 67.0 Å². The molecule has 9 nitrogen and oxygen atoms in total. The molecule has 1 aromatic heterocycles. The van der Waals surface area contributed by atoms with Crippen LogP contribution in [-0.2, 0) is 13.0 Å². The molecule has 0 spiro atoms. The standard InChI is InChI=1S/C31H36N6O3/c38-28-20-37(17-13-27(28)36-14-10-22-6-4-5-9-24(22)19-36)31(40)26-18-29(33-21-32-26)34-25-11-15-35(16-12-25)30(39)23-7-2-1-3-8-23/h1-9,18,21,25,27-28,38H,10-17,19-20H2,(H,32,33,34)/t27-,28-/m1/s1. The van der Waals surface area contributed by atoms with E-state index in [1.807, 2.05) is 35.2 Å². The number of nitrogens with zero attached hydrogens (tertiary/aromatic N) is 5. The zero-order valence-electron chi connectivity index (χ0n) is 22.7. The average Bonchev–Trinajstić information content (AvgIpc) is 3.01. The van der Waals surface area contributed by atoms with Crippen LogP contribution in [-0.4, -0.2) is 92.5 Å². The first kappa shape index (κ1) is 26.4. The number of piperidine rings is 2. The molecule has 2 fully saturated rings. The van der Waals surface area contributed by atoms with E-state index in [0.717, 1.165) is 38.8 Å². The molecule has 2 N–H and O–H groups in total. The summed E-state index contributed by atoms with van der Waals surface area (Å²) in [5, 5.41) is 14.5. The minimum Gasteiger partial charge on any atom is -0.390 e. The number of carbonyl (C=O) groups is 2. The van der Waals surface area contributed by atoms with E-state index in [4.69, 9.17) is 0 Å². The zero-order valence-corrected chi connectivity index (χ0v) is 22.7. The van der Waals surface area contributed by atoms with E-state index in [1.54, 1.807) is 11.0 Å². The van der Waals surface area contributed by atoms with Crippen LogP contribution in [0.25, 0.3) is 0 Å². The van der Waals surface area contributed by atoms with Gasteiger partial charge < -0.3 is 20.2 Å². The molecule has 2 saturated heterocycles. The molecule has 2 amide bonds. The molecule has 3 aliphatic rings. The third-order valence-electron chi connectivity index (χ3n) is 8.50. The van der Waals surface area contributed by atoms with E-state index < -0.39 is 6.10 Å². The fourth-order valence-electron chi connectivity index (χ4n) is 6.24. The maximum Gasteiger partial charge on any atom is 0.272 e. The molecule has 3 aliphatic heterocycles. The van der Waals surface area contributed by atoms with Crippen LogP contribution in [0.5, 0.6) is 0 Å². The van der Waals surface area contributed by atoms with Crippen LogP contribution in [0, 0.1) is 0 Å². The summed E-state index contributed by atoms with van der Waals surface area (Å²) in [7, 11) is 0. The Kier molecular flexibility index (Phi) is 7.75. The third-order valence-corrected chi connectivity index (χ3v) is 8.50. The largest absolute Gasteiger partial charge is 0.390 e. The monoisotopic (exact) mass is 540 g/mol. The molecule has 2 atom stereocenters. The van der Waals surface area contributed by atoms with Crippen molar-refractivity contribution in [2.45, 2.75) is 50.4 Å². The maximum atomic E-state index is 13.3. The van der Waals surface area contributed by atoms with Gasteiger partial charge in [0.05, 0.1) is 6.10 Å². The fraction of sp³-hybridized carbons (Fsp3) is 0.419. The zero-order chi connectivity index (χ0) is 27.5. The Morgan fingerprint density at radius 3 is 2.33 bits per heavy atom. The molecule has 0 aliphatic carbocycles. The van der Waals surface area contributed by atoms with Crippen LogP contribution in [0.4, 0.5) is 5.82 Å². The topological polar surface area (TPSA) is 102 Å². The number of aromatic nitrogens is 2. The highest BCUT2D eigenvalue weighted by Gasteiger charge is 2.36. The number of fused-ring (bicyclic) bond motifs is 1. The lowest BCUT2D eigenvalue weighted by molar-refractivity contribution is -0.0139. The van der Waals surface area contributed by atoms with Gasteiger partial charge in [0.2, 0.25) is 0 Å². The number of aliphatic hydroxyl groups excluding tert-OH is 1. The van der Waals surface area contributed by atoms with Gasteiger partial charge in [0.1, 0.15) is 17.8 Å². The van der Waals surface area contributed by atoms with Crippen molar-refractivity contribution in [1.29, 1.82) is 0 Å². The van der Waals surface area contributed by atoms with Gasteiger partial charge in [-0.25, -0.2) is 9.97 Å². The lowest BCUT2D eigenvalue weighted by atomic mass is 9.94. The van der Waals surface area contributed by atoms with Gasteiger partial charge in [-0.2, -0.15) is 0 Å². The van der Waals surface area contributed by atoms with Crippen molar-refractivity contribution in [2.75, 3.05) is 38.0 Å². The molecule has 0 unspecified atom stereocenters. The second-order valence-electron chi connectivity index (χ2n) is 11.0. The molecule has 40 heavy (non-hydrogen) atoms. The summed E-state index contributed by atoms with van der Waals surface area (Å²) in [5.74, 6) is 0.480. The van der Waals surface area contributed by atoms with Crippen molar-refractivity contribution in [1.82, 2.24) is 24.7 Å². The minimum atomic E-state index is -0.605. The first-order valence-corrected chi connectivity index (χ1v) is 14.3. The molecular weight excluding hydrogens is 504 g/mol. The van der Waals surface area contributed by atoms with Gasteiger partial charge in [0.15, 0.2) is 0 Å². The molecule has 208 valence electrons. The number of carbonyl (C=O) groups excluding carboxylic acids is 2. The average molecular weight is 541 g/mol. The lowest BCUT2D eigenvalue weighted by Crippen LogP contribution is -2.56. The minimum absolute atomic E-state index is 0.0414. The van der Waals surface area contributed by atoms with Crippen molar-refractivity contribution in [3.05, 3.63) is 89.4 Å². The number of hydrogen-bond acceptors (Lipinski definition) is 7. The van der Waals surface area contributed by atoms with Crippen LogP contribution in [0.1, 0.15) is 51.2 Å². The van der Waals surface area contributed by atoms with Crippen LogP contribution < -0.4 is 5.32 Å². The first-order valence-electron chi connectivity index (χ1n) is 14.3. The summed E-state index contributed by atoms with van der Waals surface area (Å²) >= 11 is 0. The number of hydrogen-bond donors (Lipinski definition) is 2. The number of aliphatic hydroxyl groups is 1. The van der Waals surface area contributed by atoms with E-state index in [1.165, 1.54) is 17.5 Å². The highest BCUT2D eigenvalue weighted by molar-refractivity contribution is 5.94. The molecule has 4 heterocycles. The second-order valence-corrected chi connectivity index (χ2v) is 11.0. The van der Waals surface area contributed by atoms with Gasteiger partial charge in [0.25, 0.3) is 11.8 Å². The van der Waals surface area contributed by atoms with Gasteiger partial charge in [-0.15, -0.1) is 0 Å². The Labute approximate surface area is 234 Å². The molecule has 0 bridgehead atoms. The SMILES string of the molecule is O=C(c1ccccc1)N1CCC(Nc2cc(C(=O)N3CC[C@@H](N4CCc5ccccc5C4)[C@H](O)C3)ncn2)CC1. The summed E-state index contributed by atoms with van der Waals surface area (Å²) in [4.78, 5) is 40.6. The van der Waals surface area contributed by atoms with Gasteiger partial charge >= 0.3 is 0 Å². The Morgan fingerprint density at radius 2 is 1.55 bits per heavy atom. The molecular formula is C31H36N6O3. The summed E-state index contributed by atoms with van der Waals surface area (Å²) in [5.41, 5.74) is 3.75. The van der Waals surface area contributed by atoms with E-state index >= 15 is 0 Å². The predicted octanol–water partition coefficient (Wildman–Crippen LogP) is 2.83. The second kappa shape index (κ2) is 11.7. The van der Waals surface area contributed by atoms with E-state index in [9.17, 15) is 14.7 Å². The number of nitrogens with one attached hydrogen (secondary N) is 1. The number of rotatable bonds is 5. The first-order chi connectivity index (χ1) is 19.5. The molecule has 6 rings (SSSR count). The van der Waals surface area contributed by atoms with Gasteiger partial charge in [0, 0.05) is 63.0 Å². The van der Waals surface area contributed by atoms with E-state index in [2.05, 4.69) is 44.5 Å². The predicted molar refractivity (Wildman–Crippen MR) is 152 cm³/mol. The number of β-amino-alcohol motifs (C(OH)–C–C–N with tert-alkyl or cyclic N) is 1. The van der Waals surface area contributed by atoms with Crippen molar-refractivity contribution >= 4 is 17.6 Å². The Balaban J connectivity index is 1.02. The van der Waals surface area contributed by atoms with Crippen molar-refractivity contribution in [3.63, 3.8) is 0 Å². The number of amides is 2. The highest BCUT2D eigenvalue weighted by atomic mass is 16.3. The van der Waals surface area contributed by atoms with E-state index in [0.29, 0.717) is 43.3 Å². The molecule has 9 heteroatoms. The van der Waals surface area contributed by atoms with Crippen molar-refractivity contribution < 1.29 is 14.7 Å². The number of likely N-dealkylation sites (tertiary alicyclic amines) is 2. The normalized spacial score (nSPS) is 22.0. The van der Waals surface area contributed by atoms with Crippen LogP contribution >= 0.6 is 0 Å². The summed E-state index contributed by atoms with van der Waals surface area (Å²) < 4.78 is 0. The Morgan fingerprint density at radius 1 is 0.825 bits per heavy atom. The summed E-state index contributed by atoms with van der Waals surface area (Å²) in [6, 6.07) is 19.8. The molecule has 3 aromatic rings. The fourth-order valence-corrected chi connectivity index (χ4v) is 6.24. The van der Waals surface area contributed by atoms with Gasteiger partial charge in [-0.1, -0.05) is 42.5 Å². The highest BCUT2D eigenvalue weighted by Crippen LogP contribution is 2.26. The molecule has 2 aromatic carbocycles. The summed E-state index contributed by atoms with van der Waals surface area (Å²) in [6.45, 7) is 3.97. The number of anilines is 1. The lowest BCUT2D eigenvalue weighted by Gasteiger charge is -2.43. The molecule has 0 saturated carbocycles. The van der Waals surface area contributed by atoms with Crippen LogP contribution in [0.3, 0.4) is 0 Å². The Hall–Kier alpha value is -3.82. The van der Waals surface area contributed by atoms with Crippen molar-refractivity contribution in [3.8, 4) is 0 Å². The summed E-state index contributed by atoms with van der Waals surface area (Å²) in [6.07, 6.45) is 4.12. The van der Waals surface area contributed by atoms with Crippen molar-refractivity contribution in [2.24, 2.45) is 0 Å². The van der Waals surface area contributed by atoms with Gasteiger partial charge in [-0.05, 0) is 48.9 Å². The number of benzene rings is 2. The van der Waals surface area contributed by atoms with E-state index in [-0.39, 0.29) is 23.9 Å². The van der Waals surface area contributed by atoms with Crippen LogP contribution in [0.2, 0.25) is 0 Å².